The van der Waals surface area contributed by atoms with Gasteiger partial charge in [-0.2, -0.15) is 21.6 Å². The molecule has 0 aromatic heterocycles. The molecule has 20 heavy (non-hydrogen) atoms. The molecule has 0 aliphatic heterocycles. The normalized spacial score (nSPS) is 29.7. The molecule has 0 aromatic rings. The van der Waals surface area contributed by atoms with Crippen molar-refractivity contribution in [3.8, 4) is 0 Å². The number of rotatable bonds is 3. The Morgan fingerprint density at radius 1 is 1.15 bits per heavy atom. The maximum atomic E-state index is 12.3. The third kappa shape index (κ3) is 2.85. The molecule has 0 saturated heterocycles. The van der Waals surface area contributed by atoms with Crippen LogP contribution in [-0.4, -0.2) is 25.6 Å². The average molecular weight is 312 g/mol. The fourth-order valence-corrected chi connectivity index (χ4v) is 2.75. The van der Waals surface area contributed by atoms with Crippen molar-refractivity contribution in [1.29, 1.82) is 0 Å². The van der Waals surface area contributed by atoms with E-state index in [9.17, 15) is 21.6 Å². The third-order valence-corrected chi connectivity index (χ3v) is 3.92. The SMILES string of the molecule is CC(C)(C)OC1C2C=CC1C(OS(=O)(=O)C(F)(F)F)=C2. The lowest BCUT2D eigenvalue weighted by atomic mass is 10.1. The second-order valence-electron chi connectivity index (χ2n) is 5.74. The molecule has 0 radical (unpaired) electrons. The predicted octanol–water partition coefficient (Wildman–Crippen LogP) is 2.74. The van der Waals surface area contributed by atoms with Crippen LogP contribution in [0.25, 0.3) is 0 Å². The summed E-state index contributed by atoms with van der Waals surface area (Å²) in [4.78, 5) is 0. The largest absolute Gasteiger partial charge is 0.534 e. The molecule has 0 aromatic carbocycles. The first kappa shape index (κ1) is 15.4. The van der Waals surface area contributed by atoms with Crippen molar-refractivity contribution in [3.63, 3.8) is 0 Å². The van der Waals surface area contributed by atoms with Crippen LogP contribution in [0.5, 0.6) is 0 Å². The Hall–Kier alpha value is -1.02. The van der Waals surface area contributed by atoms with Crippen LogP contribution in [0.1, 0.15) is 20.8 Å². The van der Waals surface area contributed by atoms with Crippen molar-refractivity contribution in [1.82, 2.24) is 0 Å². The highest BCUT2D eigenvalue weighted by molar-refractivity contribution is 7.87. The van der Waals surface area contributed by atoms with E-state index in [1.807, 2.05) is 20.8 Å². The number of alkyl halides is 3. The second kappa shape index (κ2) is 4.49. The molecule has 0 saturated carbocycles. The highest BCUT2D eigenvalue weighted by Gasteiger charge is 2.52. The molecule has 0 fully saturated rings. The molecule has 2 rings (SSSR count). The van der Waals surface area contributed by atoms with Gasteiger partial charge in [-0.05, 0) is 26.8 Å². The molecule has 0 N–H and O–H groups in total. The Balaban J connectivity index is 2.13. The van der Waals surface area contributed by atoms with Crippen LogP contribution in [0.15, 0.2) is 24.0 Å². The van der Waals surface area contributed by atoms with Gasteiger partial charge in [0.1, 0.15) is 5.76 Å². The summed E-state index contributed by atoms with van der Waals surface area (Å²) in [5.41, 5.74) is -5.92. The van der Waals surface area contributed by atoms with Crippen molar-refractivity contribution in [2.75, 3.05) is 0 Å². The van der Waals surface area contributed by atoms with Crippen molar-refractivity contribution < 1.29 is 30.5 Å². The highest BCUT2D eigenvalue weighted by atomic mass is 32.2. The molecule has 114 valence electrons. The van der Waals surface area contributed by atoms with Gasteiger partial charge in [0, 0.05) is 5.92 Å². The quantitative estimate of drug-likeness (QED) is 0.457. The molecular weight excluding hydrogens is 297 g/mol. The molecule has 3 unspecified atom stereocenters. The van der Waals surface area contributed by atoms with Gasteiger partial charge in [0.05, 0.1) is 17.6 Å². The Bertz CT molecular complexity index is 554. The molecule has 2 aliphatic rings. The van der Waals surface area contributed by atoms with E-state index in [1.54, 1.807) is 12.2 Å². The average Bonchev–Trinajstić information content (AvgIpc) is 2.70. The second-order valence-corrected chi connectivity index (χ2v) is 7.27. The summed E-state index contributed by atoms with van der Waals surface area (Å²) in [5.74, 6) is -1.09. The van der Waals surface area contributed by atoms with Gasteiger partial charge in [-0.3, -0.25) is 0 Å². The van der Waals surface area contributed by atoms with E-state index >= 15 is 0 Å². The van der Waals surface area contributed by atoms with Crippen molar-refractivity contribution >= 4 is 10.1 Å². The first-order valence-corrected chi connectivity index (χ1v) is 7.40. The molecule has 2 bridgehead atoms. The zero-order valence-corrected chi connectivity index (χ0v) is 12.0. The van der Waals surface area contributed by atoms with Crippen molar-refractivity contribution in [2.45, 2.75) is 38.0 Å². The Morgan fingerprint density at radius 2 is 1.75 bits per heavy atom. The minimum absolute atomic E-state index is 0.218. The monoisotopic (exact) mass is 312 g/mol. The summed E-state index contributed by atoms with van der Waals surface area (Å²) < 4.78 is 68.9. The van der Waals surface area contributed by atoms with E-state index < -0.39 is 33.2 Å². The Labute approximate surface area is 115 Å². The van der Waals surface area contributed by atoms with Crippen LogP contribution in [0.2, 0.25) is 0 Å². The molecule has 0 amide bonds. The Kier molecular flexibility index (Phi) is 3.45. The minimum Gasteiger partial charge on any atom is -0.380 e. The van der Waals surface area contributed by atoms with E-state index in [2.05, 4.69) is 4.18 Å². The van der Waals surface area contributed by atoms with Gasteiger partial charge in [0.2, 0.25) is 0 Å². The third-order valence-electron chi connectivity index (χ3n) is 2.94. The van der Waals surface area contributed by atoms with Gasteiger partial charge in [-0.25, -0.2) is 0 Å². The van der Waals surface area contributed by atoms with Gasteiger partial charge in [-0.15, -0.1) is 0 Å². The minimum atomic E-state index is -5.63. The van der Waals surface area contributed by atoms with Crippen LogP contribution in [0.3, 0.4) is 0 Å². The lowest BCUT2D eigenvalue weighted by molar-refractivity contribution is -0.0763. The molecule has 2 aliphatic carbocycles. The van der Waals surface area contributed by atoms with Gasteiger partial charge in [0.25, 0.3) is 0 Å². The number of hydrogen-bond acceptors (Lipinski definition) is 4. The van der Waals surface area contributed by atoms with Crippen molar-refractivity contribution in [2.24, 2.45) is 11.8 Å². The zero-order chi connectivity index (χ0) is 15.3. The van der Waals surface area contributed by atoms with Gasteiger partial charge < -0.3 is 8.92 Å². The van der Waals surface area contributed by atoms with Gasteiger partial charge in [-0.1, -0.05) is 12.2 Å². The molecule has 0 heterocycles. The summed E-state index contributed by atoms with van der Waals surface area (Å²) in [5, 5.41) is 0. The maximum Gasteiger partial charge on any atom is 0.534 e. The smallest absolute Gasteiger partial charge is 0.380 e. The van der Waals surface area contributed by atoms with Crippen LogP contribution >= 0.6 is 0 Å². The summed E-state index contributed by atoms with van der Waals surface area (Å²) in [6, 6.07) is 0. The van der Waals surface area contributed by atoms with E-state index in [0.29, 0.717) is 0 Å². The van der Waals surface area contributed by atoms with Gasteiger partial charge >= 0.3 is 15.6 Å². The molecule has 3 atom stereocenters. The summed E-state index contributed by atoms with van der Waals surface area (Å²) in [6.45, 7) is 5.45. The van der Waals surface area contributed by atoms with Crippen LogP contribution < -0.4 is 0 Å². The first-order valence-electron chi connectivity index (χ1n) is 5.99. The van der Waals surface area contributed by atoms with Crippen molar-refractivity contribution in [3.05, 3.63) is 24.0 Å². The fraction of sp³-hybridized carbons (Fsp3) is 0.667. The van der Waals surface area contributed by atoms with E-state index in [4.69, 9.17) is 4.74 Å². The summed E-state index contributed by atoms with van der Waals surface area (Å²) in [6.07, 6.45) is 4.33. The van der Waals surface area contributed by atoms with Crippen LogP contribution in [-0.2, 0) is 19.0 Å². The van der Waals surface area contributed by atoms with E-state index in [1.165, 1.54) is 6.08 Å². The predicted molar refractivity (Wildman–Crippen MR) is 64.9 cm³/mol. The number of ether oxygens (including phenoxy) is 1. The molecular formula is C12H15F3O4S. The Morgan fingerprint density at radius 3 is 2.25 bits per heavy atom. The molecule has 4 nitrogen and oxygen atoms in total. The lowest BCUT2D eigenvalue weighted by Gasteiger charge is -2.28. The summed E-state index contributed by atoms with van der Waals surface area (Å²) in [7, 11) is -5.63. The topological polar surface area (TPSA) is 52.6 Å². The van der Waals surface area contributed by atoms with E-state index in [-0.39, 0.29) is 11.7 Å². The lowest BCUT2D eigenvalue weighted by Crippen LogP contribution is -2.32. The maximum absolute atomic E-state index is 12.3. The van der Waals surface area contributed by atoms with Crippen LogP contribution in [0, 0.1) is 11.8 Å². The number of fused-ring (bicyclic) bond motifs is 2. The number of halogens is 3. The first-order chi connectivity index (χ1) is 8.91. The highest BCUT2D eigenvalue weighted by Crippen LogP contribution is 2.44. The standard InChI is InChI=1S/C12H15F3O4S/c1-11(2,3)18-10-7-4-5-8(10)9(6-7)19-20(16,17)12(13,14)15/h4-8,10H,1-3H3. The fourth-order valence-electron chi connectivity index (χ4n) is 2.23. The molecule has 8 heteroatoms. The van der Waals surface area contributed by atoms with E-state index in [0.717, 1.165) is 0 Å². The van der Waals surface area contributed by atoms with Crippen LogP contribution in [0.4, 0.5) is 13.2 Å². The molecule has 0 spiro atoms. The number of hydrogen-bond donors (Lipinski definition) is 0. The zero-order valence-electron chi connectivity index (χ0n) is 11.1. The van der Waals surface area contributed by atoms with Gasteiger partial charge in [0.15, 0.2) is 0 Å². The summed E-state index contributed by atoms with van der Waals surface area (Å²) >= 11 is 0.